The molecule has 202 valence electrons. The second-order valence-corrected chi connectivity index (χ2v) is 9.67. The first-order valence-electron chi connectivity index (χ1n) is 12.4. The summed E-state index contributed by atoms with van der Waals surface area (Å²) in [6.45, 7) is 11.1. The second kappa shape index (κ2) is 14.9. The molecule has 0 aliphatic carbocycles. The molecule has 1 aliphatic heterocycles. The van der Waals surface area contributed by atoms with Crippen LogP contribution in [-0.4, -0.2) is 65.5 Å². The normalized spacial score (nSPS) is 23.1. The van der Waals surface area contributed by atoms with Crippen LogP contribution in [0.3, 0.4) is 0 Å². The van der Waals surface area contributed by atoms with E-state index in [2.05, 4.69) is 26.6 Å². The van der Waals surface area contributed by atoms with Crippen molar-refractivity contribution in [1.82, 2.24) is 26.6 Å². The maximum Gasteiger partial charge on any atom is 0.326 e. The third-order valence-electron chi connectivity index (χ3n) is 6.00. The van der Waals surface area contributed by atoms with Gasteiger partial charge in [-0.3, -0.25) is 14.4 Å². The fourth-order valence-corrected chi connectivity index (χ4v) is 3.44. The number of carboxylic acid groups (broad SMARTS) is 1. The van der Waals surface area contributed by atoms with E-state index in [1.165, 1.54) is 6.08 Å². The van der Waals surface area contributed by atoms with Crippen molar-refractivity contribution in [3.05, 3.63) is 24.3 Å². The van der Waals surface area contributed by atoms with Gasteiger partial charge < -0.3 is 31.7 Å². The van der Waals surface area contributed by atoms with E-state index in [0.717, 1.165) is 0 Å². The van der Waals surface area contributed by atoms with E-state index in [9.17, 15) is 29.1 Å². The number of hydrogen-bond acceptors (Lipinski definition) is 5. The third-order valence-corrected chi connectivity index (χ3v) is 6.00. The first-order chi connectivity index (χ1) is 16.9. The quantitative estimate of drug-likeness (QED) is 0.255. The monoisotopic (exact) mass is 507 g/mol. The molecule has 1 rings (SSSR count). The standard InChI is InChI=1S/C25H41N5O6/c1-7-16(6)21(24(34)35)30-25(36)29-20(15(4)5)23(33)28-18-10-8-9-13-26-19(31)12-11-17(14(2)3)27-22(18)32/h8,10-12,14-18,20-21H,7,9,13H2,1-6H3,(H,26,31)(H,27,32)(H,28,33)(H,34,35)(H2,29,30,36)/b10-8-,12-11-/t16-,17+,18-,20-,21-/m0/s1. The maximum atomic E-state index is 13.1. The van der Waals surface area contributed by atoms with Gasteiger partial charge in [0.2, 0.25) is 17.7 Å². The lowest BCUT2D eigenvalue weighted by atomic mass is 9.99. The van der Waals surface area contributed by atoms with Gasteiger partial charge in [0.15, 0.2) is 0 Å². The molecule has 1 heterocycles. The highest BCUT2D eigenvalue weighted by Gasteiger charge is 2.31. The SMILES string of the molecule is CC[C@H](C)[C@H](NC(=O)N[C@H](C(=O)N[C@H]1/C=C\CCNC(=O)/C=C\[C@H](C(C)C)NC1=O)C(C)C)C(=O)O. The first-order valence-corrected chi connectivity index (χ1v) is 12.4. The predicted octanol–water partition coefficient (Wildman–Crippen LogP) is 1.07. The molecule has 0 aromatic heterocycles. The van der Waals surface area contributed by atoms with Crippen LogP contribution in [0.1, 0.15) is 54.4 Å². The molecule has 0 aromatic rings. The first kappa shape index (κ1) is 30.7. The Kier molecular flexibility index (Phi) is 12.7. The van der Waals surface area contributed by atoms with Crippen molar-refractivity contribution in [2.45, 2.75) is 78.6 Å². The minimum absolute atomic E-state index is 0.0114. The molecule has 0 bridgehead atoms. The van der Waals surface area contributed by atoms with Crippen molar-refractivity contribution in [2.75, 3.05) is 6.54 Å². The summed E-state index contributed by atoms with van der Waals surface area (Å²) in [4.78, 5) is 62.1. The molecule has 0 saturated carbocycles. The van der Waals surface area contributed by atoms with Gasteiger partial charge in [0, 0.05) is 18.7 Å². The Bertz CT molecular complexity index is 854. The molecule has 0 fully saturated rings. The average Bonchev–Trinajstić information content (AvgIpc) is 2.80. The Morgan fingerprint density at radius 2 is 1.69 bits per heavy atom. The summed E-state index contributed by atoms with van der Waals surface area (Å²) in [5.74, 6) is -3.13. The predicted molar refractivity (Wildman–Crippen MR) is 136 cm³/mol. The van der Waals surface area contributed by atoms with Gasteiger partial charge in [0.25, 0.3) is 0 Å². The third kappa shape index (κ3) is 10.1. The van der Waals surface area contributed by atoms with Gasteiger partial charge in [-0.15, -0.1) is 0 Å². The zero-order valence-corrected chi connectivity index (χ0v) is 22.0. The minimum atomic E-state index is -1.16. The number of nitrogens with one attached hydrogen (secondary N) is 5. The number of carboxylic acids is 1. The highest BCUT2D eigenvalue weighted by Crippen LogP contribution is 2.09. The van der Waals surface area contributed by atoms with Crippen LogP contribution in [0.25, 0.3) is 0 Å². The molecule has 11 nitrogen and oxygen atoms in total. The minimum Gasteiger partial charge on any atom is -0.480 e. The highest BCUT2D eigenvalue weighted by molar-refractivity contribution is 5.94. The van der Waals surface area contributed by atoms with Gasteiger partial charge in [-0.05, 0) is 24.2 Å². The van der Waals surface area contributed by atoms with E-state index in [0.29, 0.717) is 19.4 Å². The number of hydrogen-bond donors (Lipinski definition) is 6. The molecule has 5 atom stereocenters. The van der Waals surface area contributed by atoms with Gasteiger partial charge in [0.1, 0.15) is 18.1 Å². The van der Waals surface area contributed by atoms with Crippen molar-refractivity contribution >= 4 is 29.7 Å². The molecule has 1 aliphatic rings. The van der Waals surface area contributed by atoms with E-state index in [-0.39, 0.29) is 23.7 Å². The topological polar surface area (TPSA) is 166 Å². The molecule has 5 amide bonds. The number of rotatable bonds is 9. The van der Waals surface area contributed by atoms with Crippen LogP contribution < -0.4 is 26.6 Å². The van der Waals surface area contributed by atoms with Crippen LogP contribution in [-0.2, 0) is 19.2 Å². The molecular formula is C25H41N5O6. The van der Waals surface area contributed by atoms with Gasteiger partial charge in [-0.25, -0.2) is 9.59 Å². The zero-order valence-electron chi connectivity index (χ0n) is 22.0. The van der Waals surface area contributed by atoms with Crippen LogP contribution in [0.5, 0.6) is 0 Å². The Balaban J connectivity index is 3.02. The Labute approximate surface area is 212 Å². The van der Waals surface area contributed by atoms with Gasteiger partial charge in [-0.2, -0.15) is 0 Å². The summed E-state index contributed by atoms with van der Waals surface area (Å²) < 4.78 is 0. The molecule has 0 unspecified atom stereocenters. The molecule has 11 heteroatoms. The maximum absolute atomic E-state index is 13.1. The largest absolute Gasteiger partial charge is 0.480 e. The van der Waals surface area contributed by atoms with Gasteiger partial charge in [-0.1, -0.05) is 66.2 Å². The van der Waals surface area contributed by atoms with Crippen molar-refractivity contribution in [2.24, 2.45) is 17.8 Å². The van der Waals surface area contributed by atoms with Crippen LogP contribution in [0, 0.1) is 17.8 Å². The summed E-state index contributed by atoms with van der Waals surface area (Å²) in [6, 6.07) is -4.35. The second-order valence-electron chi connectivity index (χ2n) is 9.67. The molecule has 0 radical (unpaired) electrons. The number of amides is 5. The van der Waals surface area contributed by atoms with Crippen molar-refractivity contribution in [3.63, 3.8) is 0 Å². The summed E-state index contributed by atoms with van der Waals surface area (Å²) in [6.07, 6.45) is 7.22. The molecule has 0 spiro atoms. The van der Waals surface area contributed by atoms with E-state index in [1.54, 1.807) is 39.0 Å². The summed E-state index contributed by atoms with van der Waals surface area (Å²) in [7, 11) is 0. The smallest absolute Gasteiger partial charge is 0.326 e. The Hall–Kier alpha value is -3.37. The van der Waals surface area contributed by atoms with E-state index in [1.807, 2.05) is 20.8 Å². The number of aliphatic carboxylic acids is 1. The van der Waals surface area contributed by atoms with E-state index >= 15 is 0 Å². The van der Waals surface area contributed by atoms with Crippen LogP contribution in [0.15, 0.2) is 24.3 Å². The highest BCUT2D eigenvalue weighted by atomic mass is 16.4. The van der Waals surface area contributed by atoms with E-state index in [4.69, 9.17) is 0 Å². The molecule has 6 N–H and O–H groups in total. The van der Waals surface area contributed by atoms with Gasteiger partial charge >= 0.3 is 12.0 Å². The zero-order chi connectivity index (χ0) is 27.4. The fourth-order valence-electron chi connectivity index (χ4n) is 3.44. The number of carbonyl (C=O) groups is 5. The molecule has 36 heavy (non-hydrogen) atoms. The summed E-state index contributed by atoms with van der Waals surface area (Å²) in [5, 5.41) is 22.7. The molecular weight excluding hydrogens is 466 g/mol. The lowest BCUT2D eigenvalue weighted by molar-refractivity contribution is -0.140. The van der Waals surface area contributed by atoms with Crippen molar-refractivity contribution in [3.8, 4) is 0 Å². The average molecular weight is 508 g/mol. The Morgan fingerprint density at radius 3 is 2.25 bits per heavy atom. The van der Waals surface area contributed by atoms with Crippen LogP contribution in [0.2, 0.25) is 0 Å². The fraction of sp³-hybridized carbons (Fsp3) is 0.640. The summed E-state index contributed by atoms with van der Waals surface area (Å²) in [5.41, 5.74) is 0. The lowest BCUT2D eigenvalue weighted by Gasteiger charge is -2.27. The van der Waals surface area contributed by atoms with Gasteiger partial charge in [0.05, 0.1) is 0 Å². The number of carbonyl (C=O) groups excluding carboxylic acids is 4. The Morgan fingerprint density at radius 1 is 1.06 bits per heavy atom. The number of urea groups is 1. The summed E-state index contributed by atoms with van der Waals surface area (Å²) >= 11 is 0. The van der Waals surface area contributed by atoms with Crippen molar-refractivity contribution in [1.29, 1.82) is 0 Å². The van der Waals surface area contributed by atoms with E-state index < -0.39 is 48.0 Å². The van der Waals surface area contributed by atoms with Crippen LogP contribution >= 0.6 is 0 Å². The molecule has 0 saturated heterocycles. The molecule has 0 aromatic carbocycles. The van der Waals surface area contributed by atoms with Crippen LogP contribution in [0.4, 0.5) is 4.79 Å². The lowest BCUT2D eigenvalue weighted by Crippen LogP contribution is -2.58. The van der Waals surface area contributed by atoms with Crippen molar-refractivity contribution < 1.29 is 29.1 Å².